The predicted molar refractivity (Wildman–Crippen MR) is 60.5 cm³/mol. The molecule has 2 saturated carbocycles. The molecule has 1 atom stereocenters. The first-order chi connectivity index (χ1) is 6.81. The molecular weight excluding hydrogens is 172 g/mol. The van der Waals surface area contributed by atoms with Crippen LogP contribution in [0, 0.1) is 5.92 Å². The van der Waals surface area contributed by atoms with Gasteiger partial charge in [-0.1, -0.05) is 6.92 Å². The average molecular weight is 196 g/mol. The van der Waals surface area contributed by atoms with Crippen LogP contribution in [0.2, 0.25) is 0 Å². The van der Waals surface area contributed by atoms with Crippen LogP contribution in [0.25, 0.3) is 0 Å². The third-order valence-electron chi connectivity index (χ3n) is 3.44. The molecule has 1 N–H and O–H groups in total. The standard InChI is InChI=1S/C12H24N2/c1-3-13-8-10(2)14(12-6-7-12)9-11-4-5-11/h10-13H,3-9H2,1-2H3. The molecule has 0 aliphatic heterocycles. The van der Waals surface area contributed by atoms with Crippen molar-refractivity contribution in [2.24, 2.45) is 5.92 Å². The van der Waals surface area contributed by atoms with Crippen molar-refractivity contribution in [2.75, 3.05) is 19.6 Å². The molecule has 14 heavy (non-hydrogen) atoms. The lowest BCUT2D eigenvalue weighted by Gasteiger charge is -2.29. The van der Waals surface area contributed by atoms with Gasteiger partial charge < -0.3 is 5.32 Å². The second-order valence-electron chi connectivity index (χ2n) is 5.03. The van der Waals surface area contributed by atoms with Crippen LogP contribution in [-0.4, -0.2) is 36.6 Å². The van der Waals surface area contributed by atoms with E-state index in [1.165, 1.54) is 38.8 Å². The summed E-state index contributed by atoms with van der Waals surface area (Å²) < 4.78 is 0. The van der Waals surface area contributed by atoms with E-state index < -0.39 is 0 Å². The first kappa shape index (κ1) is 10.4. The van der Waals surface area contributed by atoms with Crippen molar-refractivity contribution in [3.05, 3.63) is 0 Å². The molecule has 2 rings (SSSR count). The summed E-state index contributed by atoms with van der Waals surface area (Å²) in [6, 6.07) is 1.67. The summed E-state index contributed by atoms with van der Waals surface area (Å²) in [5.41, 5.74) is 0. The summed E-state index contributed by atoms with van der Waals surface area (Å²) in [5.74, 6) is 1.04. The Labute approximate surface area is 88.1 Å². The van der Waals surface area contributed by atoms with E-state index in [-0.39, 0.29) is 0 Å². The maximum Gasteiger partial charge on any atom is 0.0195 e. The fourth-order valence-corrected chi connectivity index (χ4v) is 2.16. The fraction of sp³-hybridized carbons (Fsp3) is 1.00. The Kier molecular flexibility index (Phi) is 3.45. The Morgan fingerprint density at radius 1 is 1.29 bits per heavy atom. The van der Waals surface area contributed by atoms with Crippen LogP contribution >= 0.6 is 0 Å². The molecule has 0 amide bonds. The van der Waals surface area contributed by atoms with Crippen molar-refractivity contribution in [3.63, 3.8) is 0 Å². The highest BCUT2D eigenvalue weighted by Crippen LogP contribution is 2.35. The molecule has 0 aromatic heterocycles. The average Bonchev–Trinajstić information content (AvgIpc) is 3.02. The smallest absolute Gasteiger partial charge is 0.0195 e. The second kappa shape index (κ2) is 4.63. The lowest BCUT2D eigenvalue weighted by atomic mass is 10.2. The van der Waals surface area contributed by atoms with Crippen LogP contribution in [0.3, 0.4) is 0 Å². The number of hydrogen-bond donors (Lipinski definition) is 1. The van der Waals surface area contributed by atoms with Gasteiger partial charge in [0.25, 0.3) is 0 Å². The Bertz CT molecular complexity index is 173. The number of nitrogens with one attached hydrogen (secondary N) is 1. The molecule has 0 bridgehead atoms. The Balaban J connectivity index is 1.75. The van der Waals surface area contributed by atoms with Crippen molar-refractivity contribution in [1.29, 1.82) is 0 Å². The minimum atomic E-state index is 0.739. The van der Waals surface area contributed by atoms with E-state index in [2.05, 4.69) is 24.1 Å². The summed E-state index contributed by atoms with van der Waals surface area (Å²) in [5, 5.41) is 3.46. The van der Waals surface area contributed by atoms with Crippen molar-refractivity contribution >= 4 is 0 Å². The summed E-state index contributed by atoms with van der Waals surface area (Å²) in [6.45, 7) is 8.21. The zero-order chi connectivity index (χ0) is 9.97. The van der Waals surface area contributed by atoms with Crippen LogP contribution in [0.1, 0.15) is 39.5 Å². The Morgan fingerprint density at radius 3 is 2.50 bits per heavy atom. The molecule has 0 radical (unpaired) electrons. The van der Waals surface area contributed by atoms with E-state index in [0.29, 0.717) is 0 Å². The number of rotatable bonds is 7. The zero-order valence-electron chi connectivity index (χ0n) is 9.63. The van der Waals surface area contributed by atoms with Crippen molar-refractivity contribution < 1.29 is 0 Å². The number of likely N-dealkylation sites (N-methyl/N-ethyl adjacent to an activating group) is 1. The van der Waals surface area contributed by atoms with Crippen LogP contribution in [0.15, 0.2) is 0 Å². The third kappa shape index (κ3) is 2.96. The van der Waals surface area contributed by atoms with Gasteiger partial charge in [-0.3, -0.25) is 4.90 Å². The van der Waals surface area contributed by atoms with Gasteiger partial charge in [0.05, 0.1) is 0 Å². The van der Waals surface area contributed by atoms with E-state index in [9.17, 15) is 0 Å². The fourth-order valence-electron chi connectivity index (χ4n) is 2.16. The van der Waals surface area contributed by atoms with E-state index in [1.807, 2.05) is 0 Å². The maximum absolute atomic E-state index is 3.46. The molecular formula is C12H24N2. The van der Waals surface area contributed by atoms with Crippen molar-refractivity contribution in [2.45, 2.75) is 51.6 Å². The van der Waals surface area contributed by atoms with Crippen LogP contribution in [-0.2, 0) is 0 Å². The molecule has 0 heterocycles. The first-order valence-corrected chi connectivity index (χ1v) is 6.27. The minimum Gasteiger partial charge on any atom is -0.315 e. The Morgan fingerprint density at radius 2 is 2.00 bits per heavy atom. The first-order valence-electron chi connectivity index (χ1n) is 6.27. The molecule has 1 unspecified atom stereocenters. The van der Waals surface area contributed by atoms with Gasteiger partial charge in [0.15, 0.2) is 0 Å². The monoisotopic (exact) mass is 196 g/mol. The van der Waals surface area contributed by atoms with Crippen LogP contribution < -0.4 is 5.32 Å². The predicted octanol–water partition coefficient (Wildman–Crippen LogP) is 1.86. The topological polar surface area (TPSA) is 15.3 Å². The van der Waals surface area contributed by atoms with E-state index in [0.717, 1.165) is 24.5 Å². The van der Waals surface area contributed by atoms with Gasteiger partial charge in [0, 0.05) is 25.2 Å². The lowest BCUT2D eigenvalue weighted by Crippen LogP contribution is -2.42. The molecule has 2 fully saturated rings. The van der Waals surface area contributed by atoms with E-state index in [1.54, 1.807) is 0 Å². The van der Waals surface area contributed by atoms with E-state index >= 15 is 0 Å². The van der Waals surface area contributed by atoms with Gasteiger partial charge in [0.2, 0.25) is 0 Å². The molecule has 2 aliphatic carbocycles. The van der Waals surface area contributed by atoms with Crippen LogP contribution in [0.5, 0.6) is 0 Å². The summed E-state index contributed by atoms with van der Waals surface area (Å²) >= 11 is 0. The molecule has 2 heteroatoms. The van der Waals surface area contributed by atoms with Gasteiger partial charge in [-0.25, -0.2) is 0 Å². The summed E-state index contributed by atoms with van der Waals surface area (Å²) in [6.07, 6.45) is 5.86. The molecule has 2 nitrogen and oxygen atoms in total. The molecule has 82 valence electrons. The highest BCUT2D eigenvalue weighted by Gasteiger charge is 2.35. The largest absolute Gasteiger partial charge is 0.315 e. The summed E-state index contributed by atoms with van der Waals surface area (Å²) in [7, 11) is 0. The highest BCUT2D eigenvalue weighted by atomic mass is 15.2. The van der Waals surface area contributed by atoms with Crippen molar-refractivity contribution in [1.82, 2.24) is 10.2 Å². The quantitative estimate of drug-likeness (QED) is 0.668. The second-order valence-corrected chi connectivity index (χ2v) is 5.03. The summed E-state index contributed by atoms with van der Waals surface area (Å²) in [4.78, 5) is 2.75. The SMILES string of the molecule is CCNCC(C)N(CC1CC1)C1CC1. The maximum atomic E-state index is 3.46. The van der Waals surface area contributed by atoms with Gasteiger partial charge in [-0.2, -0.15) is 0 Å². The van der Waals surface area contributed by atoms with Gasteiger partial charge >= 0.3 is 0 Å². The molecule has 0 aromatic carbocycles. The third-order valence-corrected chi connectivity index (χ3v) is 3.44. The molecule has 0 saturated heterocycles. The van der Waals surface area contributed by atoms with Gasteiger partial charge in [-0.15, -0.1) is 0 Å². The van der Waals surface area contributed by atoms with Gasteiger partial charge in [-0.05, 0) is 45.1 Å². The number of hydrogen-bond acceptors (Lipinski definition) is 2. The van der Waals surface area contributed by atoms with Gasteiger partial charge in [0.1, 0.15) is 0 Å². The molecule has 0 aromatic rings. The highest BCUT2D eigenvalue weighted by molar-refractivity contribution is 4.91. The van der Waals surface area contributed by atoms with E-state index in [4.69, 9.17) is 0 Å². The number of nitrogens with zero attached hydrogens (tertiary/aromatic N) is 1. The van der Waals surface area contributed by atoms with Crippen LogP contribution in [0.4, 0.5) is 0 Å². The minimum absolute atomic E-state index is 0.739. The lowest BCUT2D eigenvalue weighted by molar-refractivity contribution is 0.186. The molecule has 0 spiro atoms. The molecule has 2 aliphatic rings. The van der Waals surface area contributed by atoms with Crippen molar-refractivity contribution in [3.8, 4) is 0 Å². The zero-order valence-corrected chi connectivity index (χ0v) is 9.63. The normalized spacial score (nSPS) is 24.2. The Hall–Kier alpha value is -0.0800.